The summed E-state index contributed by atoms with van der Waals surface area (Å²) in [5.74, 6) is -0.520. The third-order valence-electron chi connectivity index (χ3n) is 3.02. The molecule has 0 amide bonds. The van der Waals surface area contributed by atoms with E-state index in [1.165, 1.54) is 36.4 Å². The maximum Gasteiger partial charge on any atom is 0.335 e. The van der Waals surface area contributed by atoms with Gasteiger partial charge in [0.15, 0.2) is 0 Å². The molecule has 0 aliphatic heterocycles. The van der Waals surface area contributed by atoms with Gasteiger partial charge in [0, 0.05) is 12.1 Å². The largest absolute Gasteiger partial charge is 0.494 e. The van der Waals surface area contributed by atoms with Crippen molar-refractivity contribution in [1.82, 2.24) is 0 Å². The van der Waals surface area contributed by atoms with E-state index in [1.54, 1.807) is 12.1 Å². The Bertz CT molecular complexity index is 663. The highest BCUT2D eigenvalue weighted by Gasteiger charge is 2.01. The zero-order valence-electron chi connectivity index (χ0n) is 14.8. The predicted octanol–water partition coefficient (Wildman–Crippen LogP) is 4.15. The molecule has 26 heavy (non-hydrogen) atoms. The van der Waals surface area contributed by atoms with Gasteiger partial charge < -0.3 is 20.3 Å². The number of halogens is 1. The van der Waals surface area contributed by atoms with Gasteiger partial charge >= 0.3 is 5.97 Å². The van der Waals surface area contributed by atoms with Gasteiger partial charge in [-0.05, 0) is 55.5 Å². The molecule has 0 atom stereocenters. The minimum atomic E-state index is -0.935. The third-order valence-corrected chi connectivity index (χ3v) is 3.02. The third kappa shape index (κ3) is 9.44. The van der Waals surface area contributed by atoms with Gasteiger partial charge in [0.1, 0.15) is 11.6 Å². The number of benzene rings is 2. The van der Waals surface area contributed by atoms with Crippen LogP contribution in [0.25, 0.3) is 0 Å². The molecule has 140 valence electrons. The molecular formula is C20H24FNO4. The molecule has 0 spiro atoms. The number of hydrogen-bond acceptors (Lipinski definition) is 4. The van der Waals surface area contributed by atoms with Gasteiger partial charge in [0.2, 0.25) is 0 Å². The minimum Gasteiger partial charge on any atom is -0.494 e. The highest BCUT2D eigenvalue weighted by atomic mass is 19.1. The van der Waals surface area contributed by atoms with Crippen LogP contribution in [0, 0.1) is 5.82 Å². The highest BCUT2D eigenvalue weighted by Crippen LogP contribution is 2.12. The Kier molecular flexibility index (Phi) is 9.49. The van der Waals surface area contributed by atoms with Crippen molar-refractivity contribution in [1.29, 1.82) is 0 Å². The van der Waals surface area contributed by atoms with Crippen LogP contribution in [0.2, 0.25) is 0 Å². The van der Waals surface area contributed by atoms with Crippen LogP contribution in [0.3, 0.4) is 0 Å². The number of aromatic carboxylic acids is 1. The molecule has 3 N–H and O–H groups in total. The van der Waals surface area contributed by atoms with E-state index < -0.39 is 5.97 Å². The first-order valence-corrected chi connectivity index (χ1v) is 8.08. The lowest BCUT2D eigenvalue weighted by molar-refractivity contribution is 0.0697. The van der Waals surface area contributed by atoms with Gasteiger partial charge in [-0.15, -0.1) is 0 Å². The lowest BCUT2D eigenvalue weighted by Crippen LogP contribution is -2.04. The summed E-state index contributed by atoms with van der Waals surface area (Å²) in [6, 6.07) is 12.1. The number of anilines is 1. The molecule has 0 saturated carbocycles. The summed E-state index contributed by atoms with van der Waals surface area (Å²) in [6.45, 7) is 7.40. The van der Waals surface area contributed by atoms with E-state index in [1.807, 2.05) is 6.92 Å². The number of nitrogens with two attached hydrogens (primary N) is 1. The van der Waals surface area contributed by atoms with E-state index in [0.29, 0.717) is 31.3 Å². The first-order chi connectivity index (χ1) is 12.4. The predicted molar refractivity (Wildman–Crippen MR) is 100.0 cm³/mol. The van der Waals surface area contributed by atoms with Gasteiger partial charge in [-0.2, -0.15) is 0 Å². The molecule has 0 fully saturated rings. The normalized spacial score (nSPS) is 9.77. The number of carboxylic acid groups (broad SMARTS) is 1. The van der Waals surface area contributed by atoms with Gasteiger partial charge in [0.05, 0.1) is 25.4 Å². The molecule has 0 aromatic heterocycles. The number of carbonyl (C=O) groups is 1. The van der Waals surface area contributed by atoms with Crippen molar-refractivity contribution in [2.75, 3.05) is 25.6 Å². The molecule has 0 aliphatic carbocycles. The van der Waals surface area contributed by atoms with Crippen molar-refractivity contribution in [3.05, 3.63) is 72.1 Å². The van der Waals surface area contributed by atoms with Gasteiger partial charge in [0.25, 0.3) is 0 Å². The Hall–Kier alpha value is -2.86. The zero-order chi connectivity index (χ0) is 19.4. The van der Waals surface area contributed by atoms with Crippen molar-refractivity contribution >= 4 is 11.7 Å². The number of hydrogen-bond donors (Lipinski definition) is 2. The molecule has 6 heteroatoms. The standard InChI is InChI=1S/C14H18O4.C6H6FN/c1-11(2)10-17-8-3-9-18-13-6-4-12(5-7-13)14(15)16;7-5-1-3-6(8)4-2-5/h4-7H,1,3,8-10H2,2H3,(H,15,16);1-4H,8H2. The summed E-state index contributed by atoms with van der Waals surface area (Å²) in [4.78, 5) is 10.6. The van der Waals surface area contributed by atoms with E-state index in [2.05, 4.69) is 6.58 Å². The topological polar surface area (TPSA) is 81.8 Å². The summed E-state index contributed by atoms with van der Waals surface area (Å²) in [6.07, 6.45) is 0.786. The van der Waals surface area contributed by atoms with Crippen LogP contribution < -0.4 is 10.5 Å². The Morgan fingerprint density at radius 2 is 1.73 bits per heavy atom. The van der Waals surface area contributed by atoms with Gasteiger partial charge in [-0.1, -0.05) is 12.2 Å². The zero-order valence-corrected chi connectivity index (χ0v) is 14.8. The maximum atomic E-state index is 12.0. The second-order valence-electron chi connectivity index (χ2n) is 5.59. The Morgan fingerprint density at radius 3 is 2.23 bits per heavy atom. The molecule has 0 unspecified atom stereocenters. The molecule has 0 radical (unpaired) electrons. The average molecular weight is 361 g/mol. The van der Waals surface area contributed by atoms with E-state index in [0.717, 1.165) is 12.0 Å². The van der Waals surface area contributed by atoms with E-state index in [4.69, 9.17) is 20.3 Å². The van der Waals surface area contributed by atoms with Gasteiger partial charge in [-0.3, -0.25) is 0 Å². The van der Waals surface area contributed by atoms with Crippen LogP contribution in [0.4, 0.5) is 10.1 Å². The van der Waals surface area contributed by atoms with Crippen LogP contribution in [0.15, 0.2) is 60.7 Å². The minimum absolute atomic E-state index is 0.251. The first-order valence-electron chi connectivity index (χ1n) is 8.08. The Morgan fingerprint density at radius 1 is 1.12 bits per heavy atom. The number of carboxylic acids is 1. The average Bonchev–Trinajstić information content (AvgIpc) is 2.61. The Balaban J connectivity index is 0.000000350. The van der Waals surface area contributed by atoms with Crippen molar-refractivity contribution in [3.63, 3.8) is 0 Å². The van der Waals surface area contributed by atoms with Crippen LogP contribution in [-0.2, 0) is 4.74 Å². The molecule has 2 aromatic rings. The summed E-state index contributed by atoms with van der Waals surface area (Å²) in [5.41, 5.74) is 7.11. The summed E-state index contributed by atoms with van der Waals surface area (Å²) in [7, 11) is 0. The van der Waals surface area contributed by atoms with Crippen molar-refractivity contribution in [3.8, 4) is 5.75 Å². The van der Waals surface area contributed by atoms with Crippen molar-refractivity contribution in [2.24, 2.45) is 0 Å². The molecule has 5 nitrogen and oxygen atoms in total. The van der Waals surface area contributed by atoms with Crippen molar-refractivity contribution in [2.45, 2.75) is 13.3 Å². The molecule has 2 aromatic carbocycles. The van der Waals surface area contributed by atoms with E-state index in [-0.39, 0.29) is 11.4 Å². The summed E-state index contributed by atoms with van der Waals surface area (Å²) in [5, 5.41) is 8.73. The van der Waals surface area contributed by atoms with Crippen LogP contribution in [0.5, 0.6) is 5.75 Å². The van der Waals surface area contributed by atoms with Crippen LogP contribution in [0.1, 0.15) is 23.7 Å². The molecule has 2 rings (SSSR count). The van der Waals surface area contributed by atoms with Crippen molar-refractivity contribution < 1.29 is 23.8 Å². The van der Waals surface area contributed by atoms with E-state index >= 15 is 0 Å². The Labute approximate surface area is 152 Å². The monoisotopic (exact) mass is 361 g/mol. The molecular weight excluding hydrogens is 337 g/mol. The van der Waals surface area contributed by atoms with Gasteiger partial charge in [-0.25, -0.2) is 9.18 Å². The fourth-order valence-corrected chi connectivity index (χ4v) is 1.75. The summed E-state index contributed by atoms with van der Waals surface area (Å²) >= 11 is 0. The molecule has 0 heterocycles. The molecule has 0 aliphatic rings. The first kappa shape index (κ1) is 21.2. The number of nitrogen functional groups attached to an aromatic ring is 1. The van der Waals surface area contributed by atoms with E-state index in [9.17, 15) is 9.18 Å². The van der Waals surface area contributed by atoms with Crippen LogP contribution >= 0.6 is 0 Å². The molecule has 0 bridgehead atoms. The van der Waals surface area contributed by atoms with Crippen LogP contribution in [-0.4, -0.2) is 30.9 Å². The fraction of sp³-hybridized carbons (Fsp3) is 0.250. The molecule has 0 saturated heterocycles. The highest BCUT2D eigenvalue weighted by molar-refractivity contribution is 5.87. The summed E-state index contributed by atoms with van der Waals surface area (Å²) < 4.78 is 22.8. The second-order valence-corrected chi connectivity index (χ2v) is 5.59. The number of ether oxygens (including phenoxy) is 2. The SMILES string of the molecule is C=C(C)COCCCOc1ccc(C(=O)O)cc1.Nc1ccc(F)cc1. The lowest BCUT2D eigenvalue weighted by atomic mass is 10.2. The number of rotatable bonds is 8. The quantitative estimate of drug-likeness (QED) is 0.419. The smallest absolute Gasteiger partial charge is 0.335 e. The maximum absolute atomic E-state index is 12.0. The fourth-order valence-electron chi connectivity index (χ4n) is 1.75. The lowest BCUT2D eigenvalue weighted by Gasteiger charge is -2.07. The second kappa shape index (κ2) is 11.7.